The second kappa shape index (κ2) is 8.22. The number of hydrogen-bond acceptors (Lipinski definition) is 7. The predicted octanol–water partition coefficient (Wildman–Crippen LogP) is 1.89. The Hall–Kier alpha value is -4.28. The average molecular weight is 422 g/mol. The quantitative estimate of drug-likeness (QED) is 0.367. The Labute approximate surface area is 175 Å². The monoisotopic (exact) mass is 422 g/mol. The molecular weight excluding hydrogens is 403 g/mol. The van der Waals surface area contributed by atoms with Crippen LogP contribution in [-0.4, -0.2) is 42.3 Å². The van der Waals surface area contributed by atoms with E-state index < -0.39 is 6.09 Å². The number of benzene rings is 1. The van der Waals surface area contributed by atoms with Gasteiger partial charge in [0.1, 0.15) is 29.0 Å². The van der Waals surface area contributed by atoms with Gasteiger partial charge in [0.25, 0.3) is 0 Å². The van der Waals surface area contributed by atoms with Crippen molar-refractivity contribution in [2.75, 3.05) is 18.0 Å². The highest BCUT2D eigenvalue weighted by Crippen LogP contribution is 2.26. The van der Waals surface area contributed by atoms with E-state index in [4.69, 9.17) is 16.6 Å². The minimum absolute atomic E-state index is 0.122. The zero-order valence-electron chi connectivity index (χ0n) is 16.3. The molecule has 158 valence electrons. The molecule has 0 aliphatic rings. The molecule has 0 saturated carbocycles. The van der Waals surface area contributed by atoms with Crippen molar-refractivity contribution in [1.29, 1.82) is 0 Å². The molecular formula is C20H19FN8O2. The van der Waals surface area contributed by atoms with Crippen molar-refractivity contribution >= 4 is 23.2 Å². The molecule has 0 spiro atoms. The summed E-state index contributed by atoms with van der Waals surface area (Å²) in [4.78, 5) is 23.9. The minimum Gasteiger partial charge on any atom is -0.465 e. The van der Waals surface area contributed by atoms with Gasteiger partial charge >= 0.3 is 6.09 Å². The Morgan fingerprint density at radius 3 is 2.55 bits per heavy atom. The van der Waals surface area contributed by atoms with Crippen molar-refractivity contribution < 1.29 is 14.3 Å². The van der Waals surface area contributed by atoms with Gasteiger partial charge in [0.15, 0.2) is 5.82 Å². The van der Waals surface area contributed by atoms with Crippen molar-refractivity contribution in [2.45, 2.75) is 12.8 Å². The van der Waals surface area contributed by atoms with Gasteiger partial charge in [-0.3, -0.25) is 0 Å². The van der Waals surface area contributed by atoms with E-state index in [1.54, 1.807) is 41.0 Å². The van der Waals surface area contributed by atoms with Gasteiger partial charge in [-0.1, -0.05) is 18.2 Å². The molecule has 1 aromatic carbocycles. The van der Waals surface area contributed by atoms with Gasteiger partial charge in [0.2, 0.25) is 0 Å². The standard InChI is InChI=1S/C20H19FN8O2/c21-13-5-2-1-4-11(13)10-15-26-16(14-6-3-8-25-29(14)15)19-27-17(22)12(18(23)28-19)7-9-24-20(30)31/h1-6,8,24H,7,9-10H2,(H,30,31)(H4,22,23,27,28). The summed E-state index contributed by atoms with van der Waals surface area (Å²) in [5.41, 5.74) is 14.1. The van der Waals surface area contributed by atoms with Crippen LogP contribution >= 0.6 is 0 Å². The molecule has 0 fully saturated rings. The van der Waals surface area contributed by atoms with E-state index in [0.29, 0.717) is 28.2 Å². The maximum Gasteiger partial charge on any atom is 0.404 e. The van der Waals surface area contributed by atoms with Crippen molar-refractivity contribution in [3.8, 4) is 11.5 Å². The van der Waals surface area contributed by atoms with E-state index in [0.717, 1.165) is 0 Å². The number of nitrogens with one attached hydrogen (secondary N) is 1. The third-order valence-electron chi connectivity index (χ3n) is 4.72. The molecule has 0 unspecified atom stereocenters. The fourth-order valence-electron chi connectivity index (χ4n) is 3.26. The summed E-state index contributed by atoms with van der Waals surface area (Å²) in [7, 11) is 0. The Morgan fingerprint density at radius 2 is 1.84 bits per heavy atom. The first kappa shape index (κ1) is 20.0. The van der Waals surface area contributed by atoms with E-state index in [1.807, 2.05) is 0 Å². The van der Waals surface area contributed by atoms with Crippen LogP contribution in [0, 0.1) is 5.82 Å². The van der Waals surface area contributed by atoms with E-state index >= 15 is 0 Å². The summed E-state index contributed by atoms with van der Waals surface area (Å²) in [6, 6.07) is 9.99. The van der Waals surface area contributed by atoms with Crippen molar-refractivity contribution in [3.63, 3.8) is 0 Å². The molecule has 3 aromatic heterocycles. The molecule has 1 amide bonds. The first-order chi connectivity index (χ1) is 14.9. The van der Waals surface area contributed by atoms with Crippen LogP contribution in [0.5, 0.6) is 0 Å². The number of rotatable bonds is 6. The Kier molecular flexibility index (Phi) is 5.31. The van der Waals surface area contributed by atoms with Gasteiger partial charge in [-0.15, -0.1) is 0 Å². The number of halogens is 1. The van der Waals surface area contributed by atoms with E-state index in [2.05, 4.69) is 25.4 Å². The summed E-state index contributed by atoms with van der Waals surface area (Å²) in [6.45, 7) is 0.122. The van der Waals surface area contributed by atoms with E-state index in [1.165, 1.54) is 6.07 Å². The maximum absolute atomic E-state index is 14.2. The summed E-state index contributed by atoms with van der Waals surface area (Å²) < 4.78 is 15.7. The Bertz CT molecular complexity index is 1250. The molecule has 6 N–H and O–H groups in total. The van der Waals surface area contributed by atoms with Crippen molar-refractivity contribution in [3.05, 3.63) is 65.4 Å². The van der Waals surface area contributed by atoms with Crippen LogP contribution in [0.3, 0.4) is 0 Å². The first-order valence-electron chi connectivity index (χ1n) is 9.39. The third-order valence-corrected chi connectivity index (χ3v) is 4.72. The Morgan fingerprint density at radius 1 is 1.10 bits per heavy atom. The molecule has 10 nitrogen and oxygen atoms in total. The second-order valence-electron chi connectivity index (χ2n) is 6.74. The second-order valence-corrected chi connectivity index (χ2v) is 6.74. The molecule has 4 aromatic rings. The number of amides is 1. The van der Waals surface area contributed by atoms with E-state index in [9.17, 15) is 9.18 Å². The number of hydrogen-bond donors (Lipinski definition) is 4. The highest BCUT2D eigenvalue weighted by molar-refractivity contribution is 5.75. The number of aromatic nitrogens is 5. The van der Waals surface area contributed by atoms with Gasteiger partial charge in [0.05, 0.1) is 5.52 Å². The third kappa shape index (κ3) is 4.06. The van der Waals surface area contributed by atoms with Crippen LogP contribution in [0.15, 0.2) is 42.6 Å². The molecule has 0 saturated heterocycles. The first-order valence-corrected chi connectivity index (χ1v) is 9.39. The molecule has 31 heavy (non-hydrogen) atoms. The summed E-state index contributed by atoms with van der Waals surface area (Å²) in [6.07, 6.45) is 0.920. The highest BCUT2D eigenvalue weighted by Gasteiger charge is 2.19. The highest BCUT2D eigenvalue weighted by atomic mass is 19.1. The summed E-state index contributed by atoms with van der Waals surface area (Å²) >= 11 is 0. The molecule has 0 aliphatic heterocycles. The average Bonchev–Trinajstić information content (AvgIpc) is 3.10. The van der Waals surface area contributed by atoms with Gasteiger partial charge in [-0.25, -0.2) is 28.7 Å². The topological polar surface area (TPSA) is 157 Å². The number of carboxylic acid groups (broad SMARTS) is 1. The molecule has 0 radical (unpaired) electrons. The number of anilines is 2. The number of imidazole rings is 1. The summed E-state index contributed by atoms with van der Waals surface area (Å²) in [5, 5.41) is 15.3. The van der Waals surface area contributed by atoms with Gasteiger partial charge in [0, 0.05) is 24.7 Å². The van der Waals surface area contributed by atoms with Crippen LogP contribution in [0.1, 0.15) is 17.0 Å². The molecule has 0 aliphatic carbocycles. The van der Waals surface area contributed by atoms with Crippen LogP contribution in [0.2, 0.25) is 0 Å². The molecule has 3 heterocycles. The lowest BCUT2D eigenvalue weighted by Gasteiger charge is -2.09. The van der Waals surface area contributed by atoms with E-state index in [-0.39, 0.29) is 42.7 Å². The Balaban J connectivity index is 1.73. The minimum atomic E-state index is -1.14. The number of nitrogens with zero attached hydrogens (tertiary/aromatic N) is 5. The number of fused-ring (bicyclic) bond motifs is 1. The number of nitrogen functional groups attached to an aromatic ring is 2. The molecule has 0 atom stereocenters. The lowest BCUT2D eigenvalue weighted by molar-refractivity contribution is 0.194. The SMILES string of the molecule is Nc1nc(-c2nc(Cc3ccccc3F)n3ncccc23)nc(N)c1CCNC(=O)O. The number of nitrogens with two attached hydrogens (primary N) is 2. The number of carbonyl (C=O) groups is 1. The van der Waals surface area contributed by atoms with Crippen LogP contribution in [0.4, 0.5) is 20.8 Å². The smallest absolute Gasteiger partial charge is 0.404 e. The fraction of sp³-hybridized carbons (Fsp3) is 0.150. The molecule has 11 heteroatoms. The largest absolute Gasteiger partial charge is 0.465 e. The molecule has 0 bridgehead atoms. The van der Waals surface area contributed by atoms with Gasteiger partial charge < -0.3 is 21.9 Å². The van der Waals surface area contributed by atoms with Gasteiger partial charge in [-0.05, 0) is 30.2 Å². The van der Waals surface area contributed by atoms with Gasteiger partial charge in [-0.2, -0.15) is 5.10 Å². The predicted molar refractivity (Wildman–Crippen MR) is 112 cm³/mol. The van der Waals surface area contributed by atoms with Crippen LogP contribution < -0.4 is 16.8 Å². The zero-order chi connectivity index (χ0) is 22.0. The van der Waals surface area contributed by atoms with Crippen molar-refractivity contribution in [1.82, 2.24) is 29.9 Å². The lowest BCUT2D eigenvalue weighted by atomic mass is 10.1. The summed E-state index contributed by atoms with van der Waals surface area (Å²) in [5.74, 6) is 0.646. The van der Waals surface area contributed by atoms with Crippen molar-refractivity contribution in [2.24, 2.45) is 0 Å². The maximum atomic E-state index is 14.2. The normalized spacial score (nSPS) is 11.0. The van der Waals surface area contributed by atoms with Crippen LogP contribution in [0.25, 0.3) is 17.0 Å². The molecule has 4 rings (SSSR count). The van der Waals surface area contributed by atoms with Crippen LogP contribution in [-0.2, 0) is 12.8 Å². The lowest BCUT2D eigenvalue weighted by Crippen LogP contribution is -2.24. The zero-order valence-corrected chi connectivity index (χ0v) is 16.3. The fourth-order valence-corrected chi connectivity index (χ4v) is 3.26.